The van der Waals surface area contributed by atoms with E-state index in [1.807, 2.05) is 58.3 Å². The summed E-state index contributed by atoms with van der Waals surface area (Å²) >= 11 is 0. The van der Waals surface area contributed by atoms with Gasteiger partial charge in [0.05, 0.1) is 12.2 Å². The Morgan fingerprint density at radius 3 is 2.26 bits per heavy atom. The fourth-order valence-corrected chi connectivity index (χ4v) is 6.48. The molecule has 3 aliphatic rings. The Bertz CT molecular complexity index is 1490. The molecule has 0 aromatic heterocycles. The first-order chi connectivity index (χ1) is 20.7. The number of rotatable bonds is 7. The molecule has 2 saturated heterocycles. The third-order valence-corrected chi connectivity index (χ3v) is 8.90. The summed E-state index contributed by atoms with van der Waals surface area (Å²) in [5, 5.41) is 2.66. The number of likely N-dealkylation sites (tertiary alicyclic amines) is 1. The van der Waals surface area contributed by atoms with Crippen LogP contribution in [0.25, 0.3) is 0 Å². The number of nitrogens with zero attached hydrogens (tertiary/aromatic N) is 3. The first kappa shape index (κ1) is 28.8. The molecule has 2 aliphatic heterocycles. The van der Waals surface area contributed by atoms with Gasteiger partial charge in [0.15, 0.2) is 0 Å². The van der Waals surface area contributed by atoms with Gasteiger partial charge in [0, 0.05) is 31.2 Å². The van der Waals surface area contributed by atoms with Crippen LogP contribution in [0.5, 0.6) is 0 Å². The van der Waals surface area contributed by atoms with Gasteiger partial charge in [-0.25, -0.2) is 0 Å². The molecule has 3 fully saturated rings. The smallest absolute Gasteiger partial charge is 0.350 e. The summed E-state index contributed by atoms with van der Waals surface area (Å²) < 4.78 is 39.2. The van der Waals surface area contributed by atoms with E-state index < -0.39 is 23.2 Å². The Balaban J connectivity index is 1.11. The highest BCUT2D eigenvalue weighted by Gasteiger charge is 2.55. The number of nitrogens with one attached hydrogen (secondary N) is 1. The summed E-state index contributed by atoms with van der Waals surface area (Å²) in [5.74, 6) is -0.289. The molecule has 1 N–H and O–H groups in total. The minimum atomic E-state index is -4.47. The standard InChI is InChI=1S/C33H33F3N4O3/c34-33(35,36)25-11-7-8-23(18-25)20-37-29(41)21-39-22-40(26-12-5-2-6-13-26)32(31(39)43)14-16-38(17-15-32)30(42)28-19-27(28)24-9-3-1-4-10-24/h1-13,18,27-28H,14-17,19-22H2,(H,37,41). The first-order valence-corrected chi connectivity index (χ1v) is 14.5. The van der Waals surface area contributed by atoms with E-state index in [2.05, 4.69) is 17.4 Å². The number of piperidine rings is 1. The van der Waals surface area contributed by atoms with Crippen LogP contribution in [0, 0.1) is 5.92 Å². The maximum Gasteiger partial charge on any atom is 0.416 e. The van der Waals surface area contributed by atoms with Gasteiger partial charge in [0.1, 0.15) is 12.1 Å². The number of para-hydroxylation sites is 1. The maximum atomic E-state index is 14.0. The first-order valence-electron chi connectivity index (χ1n) is 14.5. The Labute approximate surface area is 248 Å². The summed E-state index contributed by atoms with van der Waals surface area (Å²) in [6, 6.07) is 24.4. The largest absolute Gasteiger partial charge is 0.416 e. The van der Waals surface area contributed by atoms with Crippen LogP contribution in [0.2, 0.25) is 0 Å². The summed E-state index contributed by atoms with van der Waals surface area (Å²) in [4.78, 5) is 45.6. The molecule has 1 spiro atoms. The fourth-order valence-electron chi connectivity index (χ4n) is 6.48. The third kappa shape index (κ3) is 5.83. The van der Waals surface area contributed by atoms with Crippen molar-refractivity contribution >= 4 is 23.4 Å². The second kappa shape index (κ2) is 11.4. The summed E-state index contributed by atoms with van der Waals surface area (Å²) in [5.41, 5.74) is 0.686. The van der Waals surface area contributed by atoms with Gasteiger partial charge in [0.2, 0.25) is 11.8 Å². The molecule has 43 heavy (non-hydrogen) atoms. The molecule has 2 atom stereocenters. The zero-order chi connectivity index (χ0) is 30.2. The minimum absolute atomic E-state index is 0.0297. The quantitative estimate of drug-likeness (QED) is 0.430. The average Bonchev–Trinajstić information content (AvgIpc) is 3.79. The van der Waals surface area contributed by atoms with Gasteiger partial charge in [-0.2, -0.15) is 13.2 Å². The lowest BCUT2D eigenvalue weighted by Gasteiger charge is -2.43. The summed E-state index contributed by atoms with van der Waals surface area (Å²) in [6.07, 6.45) is -2.75. The Morgan fingerprint density at radius 1 is 0.907 bits per heavy atom. The average molecular weight is 591 g/mol. The maximum absolute atomic E-state index is 14.0. The van der Waals surface area contributed by atoms with E-state index in [4.69, 9.17) is 0 Å². The number of alkyl halides is 3. The number of carbonyl (C=O) groups excluding carboxylic acids is 3. The number of halogens is 3. The predicted molar refractivity (Wildman–Crippen MR) is 155 cm³/mol. The Kier molecular flexibility index (Phi) is 7.62. The number of benzene rings is 3. The zero-order valence-corrected chi connectivity index (χ0v) is 23.6. The molecule has 1 aliphatic carbocycles. The lowest BCUT2D eigenvalue weighted by Crippen LogP contribution is -2.57. The Morgan fingerprint density at radius 2 is 1.58 bits per heavy atom. The van der Waals surface area contributed by atoms with Crippen molar-refractivity contribution in [2.75, 3.05) is 31.2 Å². The van der Waals surface area contributed by atoms with Crippen molar-refractivity contribution in [2.24, 2.45) is 5.92 Å². The van der Waals surface area contributed by atoms with E-state index in [0.29, 0.717) is 31.5 Å². The van der Waals surface area contributed by atoms with Gasteiger partial charge >= 0.3 is 6.18 Å². The van der Waals surface area contributed by atoms with E-state index in [1.54, 1.807) is 0 Å². The van der Waals surface area contributed by atoms with E-state index >= 15 is 0 Å². The predicted octanol–water partition coefficient (Wildman–Crippen LogP) is 4.79. The van der Waals surface area contributed by atoms with Gasteiger partial charge in [-0.1, -0.05) is 60.7 Å². The molecule has 7 nitrogen and oxygen atoms in total. The second-order valence-corrected chi connectivity index (χ2v) is 11.6. The van der Waals surface area contributed by atoms with Gasteiger partial charge < -0.3 is 20.0 Å². The topological polar surface area (TPSA) is 73.0 Å². The molecule has 10 heteroatoms. The molecule has 0 bridgehead atoms. The van der Waals surface area contributed by atoms with E-state index in [9.17, 15) is 27.6 Å². The van der Waals surface area contributed by atoms with Crippen molar-refractivity contribution in [3.05, 3.63) is 102 Å². The van der Waals surface area contributed by atoms with Crippen molar-refractivity contribution < 1.29 is 27.6 Å². The number of hydrogen-bond donors (Lipinski definition) is 1. The lowest BCUT2D eigenvalue weighted by atomic mass is 9.85. The van der Waals surface area contributed by atoms with Gasteiger partial charge in [-0.05, 0) is 60.6 Å². The van der Waals surface area contributed by atoms with Gasteiger partial charge in [-0.3, -0.25) is 14.4 Å². The number of anilines is 1. The van der Waals surface area contributed by atoms with Crippen LogP contribution in [0.3, 0.4) is 0 Å². The number of hydrogen-bond acceptors (Lipinski definition) is 4. The van der Waals surface area contributed by atoms with Crippen LogP contribution < -0.4 is 10.2 Å². The minimum Gasteiger partial charge on any atom is -0.350 e. The van der Waals surface area contributed by atoms with Crippen LogP contribution in [-0.2, 0) is 27.1 Å². The van der Waals surface area contributed by atoms with Crippen LogP contribution in [0.4, 0.5) is 18.9 Å². The van der Waals surface area contributed by atoms with Crippen LogP contribution in [0.1, 0.15) is 41.9 Å². The molecular formula is C33H33F3N4O3. The van der Waals surface area contributed by atoms with Crippen LogP contribution in [-0.4, -0.2) is 59.4 Å². The zero-order valence-electron chi connectivity index (χ0n) is 23.6. The monoisotopic (exact) mass is 590 g/mol. The van der Waals surface area contributed by atoms with Crippen molar-refractivity contribution in [1.82, 2.24) is 15.1 Å². The molecule has 224 valence electrons. The lowest BCUT2D eigenvalue weighted by molar-refractivity contribution is -0.140. The van der Waals surface area contributed by atoms with E-state index in [1.165, 1.54) is 22.6 Å². The molecule has 3 amide bonds. The molecule has 2 unspecified atom stereocenters. The van der Waals surface area contributed by atoms with E-state index in [0.717, 1.165) is 24.2 Å². The Hall–Kier alpha value is -4.34. The van der Waals surface area contributed by atoms with Crippen LogP contribution >= 0.6 is 0 Å². The molecule has 1 saturated carbocycles. The third-order valence-electron chi connectivity index (χ3n) is 8.90. The highest BCUT2D eigenvalue weighted by Crippen LogP contribution is 2.49. The molecule has 3 aromatic rings. The SMILES string of the molecule is O=C(CN1CN(c2ccccc2)C2(CCN(C(=O)C3CC3c3ccccc3)CC2)C1=O)NCc1cccc(C(F)(F)F)c1. The van der Waals surface area contributed by atoms with E-state index in [-0.39, 0.29) is 43.4 Å². The van der Waals surface area contributed by atoms with Crippen molar-refractivity contribution in [3.63, 3.8) is 0 Å². The highest BCUT2D eigenvalue weighted by atomic mass is 19.4. The normalized spacial score (nSPS) is 21.3. The number of carbonyl (C=O) groups is 3. The number of amides is 3. The van der Waals surface area contributed by atoms with Crippen molar-refractivity contribution in [1.29, 1.82) is 0 Å². The molecular weight excluding hydrogens is 557 g/mol. The highest BCUT2D eigenvalue weighted by molar-refractivity contribution is 5.96. The van der Waals surface area contributed by atoms with Crippen LogP contribution in [0.15, 0.2) is 84.9 Å². The molecule has 2 heterocycles. The van der Waals surface area contributed by atoms with Crippen molar-refractivity contribution in [3.8, 4) is 0 Å². The molecule has 3 aromatic carbocycles. The second-order valence-electron chi connectivity index (χ2n) is 11.6. The van der Waals surface area contributed by atoms with Gasteiger partial charge in [-0.15, -0.1) is 0 Å². The molecule has 6 rings (SSSR count). The fraction of sp³-hybridized carbons (Fsp3) is 0.364. The summed E-state index contributed by atoms with van der Waals surface area (Å²) in [7, 11) is 0. The summed E-state index contributed by atoms with van der Waals surface area (Å²) in [6.45, 7) is 0.794. The van der Waals surface area contributed by atoms with Gasteiger partial charge in [0.25, 0.3) is 5.91 Å². The van der Waals surface area contributed by atoms with Crippen molar-refractivity contribution in [2.45, 2.75) is 43.4 Å². The molecule has 0 radical (unpaired) electrons.